The zero-order valence-corrected chi connectivity index (χ0v) is 17.8. The second-order valence-electron chi connectivity index (χ2n) is 7.07. The van der Waals surface area contributed by atoms with Crippen LogP contribution in [0.1, 0.15) is 41.9 Å². The Kier molecular flexibility index (Phi) is 8.11. The Balaban J connectivity index is 2.31. The number of para-hydroxylation sites is 1. The number of carboxylic acids is 1. The Morgan fingerprint density at radius 2 is 1.97 bits per heavy atom. The molecule has 0 aliphatic carbocycles. The number of nitrogens with one attached hydrogen (secondary N) is 1. The molecule has 162 valence electrons. The predicted octanol–water partition coefficient (Wildman–Crippen LogP) is 3.70. The molecule has 0 spiro atoms. The van der Waals surface area contributed by atoms with Crippen LogP contribution >= 0.6 is 7.75 Å². The van der Waals surface area contributed by atoms with Crippen LogP contribution in [0.15, 0.2) is 36.5 Å². The molecule has 1 heterocycles. The van der Waals surface area contributed by atoms with E-state index >= 15 is 0 Å². The summed E-state index contributed by atoms with van der Waals surface area (Å²) in [6.07, 6.45) is 1.94. The monoisotopic (exact) mass is 436 g/mol. The molecule has 2 atom stereocenters. The number of aromatic hydroxyl groups is 1. The van der Waals surface area contributed by atoms with Gasteiger partial charge in [-0.15, -0.1) is 0 Å². The fourth-order valence-corrected chi connectivity index (χ4v) is 4.12. The number of aliphatic carboxylic acids is 1. The van der Waals surface area contributed by atoms with E-state index in [2.05, 4.69) is 10.1 Å². The number of carbonyl (C=O) groups excluding carboxylic acids is 1. The second kappa shape index (κ2) is 10.3. The highest BCUT2D eigenvalue weighted by atomic mass is 31.2. The number of benzene rings is 1. The van der Waals surface area contributed by atoms with E-state index in [4.69, 9.17) is 9.05 Å². The van der Waals surface area contributed by atoms with E-state index in [1.165, 1.54) is 13.1 Å². The van der Waals surface area contributed by atoms with Gasteiger partial charge in [-0.2, -0.15) is 5.09 Å². The van der Waals surface area contributed by atoms with Crippen molar-refractivity contribution in [2.24, 2.45) is 5.92 Å². The summed E-state index contributed by atoms with van der Waals surface area (Å²) in [5, 5.41) is 22.0. The first-order chi connectivity index (χ1) is 14.1. The first-order valence-electron chi connectivity index (χ1n) is 9.27. The molecule has 2 rings (SSSR count). The minimum Gasteiger partial charge on any atom is -0.505 e. The zero-order valence-electron chi connectivity index (χ0n) is 16.9. The number of carboxylic acid groups (broad SMARTS) is 1. The van der Waals surface area contributed by atoms with Gasteiger partial charge in [0.1, 0.15) is 17.5 Å². The molecule has 0 aliphatic rings. The Bertz CT molecular complexity index is 934. The highest BCUT2D eigenvalue weighted by molar-refractivity contribution is 7.52. The van der Waals surface area contributed by atoms with Gasteiger partial charge in [0.25, 0.3) is 0 Å². The maximum absolute atomic E-state index is 13.4. The van der Waals surface area contributed by atoms with E-state index in [0.717, 1.165) is 0 Å². The van der Waals surface area contributed by atoms with Crippen LogP contribution in [0.3, 0.4) is 0 Å². The molecule has 0 aliphatic heterocycles. The third-order valence-corrected chi connectivity index (χ3v) is 5.70. The fourth-order valence-electron chi connectivity index (χ4n) is 2.63. The Morgan fingerprint density at radius 3 is 2.53 bits per heavy atom. The molecule has 0 amide bonds. The number of pyridine rings is 1. The van der Waals surface area contributed by atoms with Crippen molar-refractivity contribution in [2.75, 3.05) is 0 Å². The van der Waals surface area contributed by atoms with Gasteiger partial charge in [-0.25, -0.2) is 4.57 Å². The summed E-state index contributed by atoms with van der Waals surface area (Å²) in [4.78, 5) is 27.0. The third kappa shape index (κ3) is 6.38. The van der Waals surface area contributed by atoms with E-state index in [-0.39, 0.29) is 40.7 Å². The highest BCUT2D eigenvalue weighted by Crippen LogP contribution is 2.46. The van der Waals surface area contributed by atoms with Gasteiger partial charge >= 0.3 is 13.7 Å². The van der Waals surface area contributed by atoms with Gasteiger partial charge < -0.3 is 14.7 Å². The number of hydrogen-bond acceptors (Lipinski definition) is 7. The van der Waals surface area contributed by atoms with E-state index in [9.17, 15) is 24.4 Å². The minimum absolute atomic E-state index is 0.00341. The number of aldehydes is 1. The molecule has 3 N–H and O–H groups in total. The lowest BCUT2D eigenvalue weighted by molar-refractivity contribution is -0.139. The molecule has 30 heavy (non-hydrogen) atoms. The lowest BCUT2D eigenvalue weighted by Gasteiger charge is -2.24. The summed E-state index contributed by atoms with van der Waals surface area (Å²) in [6.45, 7) is 4.79. The van der Waals surface area contributed by atoms with E-state index in [0.29, 0.717) is 6.29 Å². The quantitative estimate of drug-likeness (QED) is 0.356. The number of hydrogen-bond donors (Lipinski definition) is 3. The largest absolute Gasteiger partial charge is 0.505 e. The predicted molar refractivity (Wildman–Crippen MR) is 110 cm³/mol. The number of aromatic nitrogens is 1. The molecule has 1 aromatic heterocycles. The lowest BCUT2D eigenvalue weighted by Crippen LogP contribution is -2.37. The molecule has 10 heteroatoms. The van der Waals surface area contributed by atoms with Crippen LogP contribution < -0.4 is 9.61 Å². The van der Waals surface area contributed by atoms with Crippen LogP contribution in [0.5, 0.6) is 11.5 Å². The molecular formula is C20H25N2O7P. The van der Waals surface area contributed by atoms with Crippen LogP contribution in [-0.2, 0) is 20.5 Å². The first kappa shape index (κ1) is 23.5. The molecule has 0 bridgehead atoms. The maximum Gasteiger partial charge on any atom is 0.459 e. The molecule has 0 saturated carbocycles. The SMILES string of the molecule is Cc1ncc(COP(=O)(NC(CC(C)C)C(=O)O)Oc2ccccc2)c(C=O)c1O. The fraction of sp³-hybridized carbons (Fsp3) is 0.350. The van der Waals surface area contributed by atoms with Gasteiger partial charge in [0, 0.05) is 11.8 Å². The van der Waals surface area contributed by atoms with Crippen LogP contribution in [-0.4, -0.2) is 33.5 Å². The molecule has 9 nitrogen and oxygen atoms in total. The normalized spacial score (nSPS) is 14.1. The van der Waals surface area contributed by atoms with Gasteiger partial charge in [-0.1, -0.05) is 32.0 Å². The van der Waals surface area contributed by atoms with Gasteiger partial charge in [-0.3, -0.25) is 19.1 Å². The summed E-state index contributed by atoms with van der Waals surface area (Å²) in [6, 6.07) is 6.97. The van der Waals surface area contributed by atoms with Crippen molar-refractivity contribution in [2.45, 2.75) is 39.8 Å². The van der Waals surface area contributed by atoms with Crippen LogP contribution in [0.2, 0.25) is 0 Å². The van der Waals surface area contributed by atoms with Gasteiger partial charge in [-0.05, 0) is 31.4 Å². The summed E-state index contributed by atoms with van der Waals surface area (Å²) in [5.41, 5.74) is 0.388. The van der Waals surface area contributed by atoms with Crippen molar-refractivity contribution in [1.29, 1.82) is 0 Å². The number of nitrogens with zero attached hydrogens (tertiary/aromatic N) is 1. The molecule has 0 fully saturated rings. The Hall–Kier alpha value is -2.74. The van der Waals surface area contributed by atoms with Gasteiger partial charge in [0.2, 0.25) is 0 Å². The number of carbonyl (C=O) groups is 2. The van der Waals surface area contributed by atoms with Crippen LogP contribution in [0.4, 0.5) is 0 Å². The van der Waals surface area contributed by atoms with Crippen molar-refractivity contribution >= 4 is 20.0 Å². The van der Waals surface area contributed by atoms with E-state index in [1.807, 2.05) is 13.8 Å². The average Bonchev–Trinajstić information content (AvgIpc) is 2.68. The van der Waals surface area contributed by atoms with Crippen molar-refractivity contribution in [1.82, 2.24) is 10.1 Å². The standard InChI is InChI=1S/C20H25N2O7P/c1-13(2)9-18(20(25)26)22-30(27,29-16-7-5-4-6-8-16)28-12-15-10-21-14(3)19(24)17(15)11-23/h4-8,10-11,13,18,24H,9,12H2,1-3H3,(H,22,27)(H,25,26). The van der Waals surface area contributed by atoms with E-state index < -0.39 is 26.4 Å². The minimum atomic E-state index is -4.19. The first-order valence-corrected chi connectivity index (χ1v) is 10.8. The van der Waals surface area contributed by atoms with Crippen molar-refractivity contribution < 1.29 is 33.4 Å². The highest BCUT2D eigenvalue weighted by Gasteiger charge is 2.34. The number of rotatable bonds is 11. The summed E-state index contributed by atoms with van der Waals surface area (Å²) in [7, 11) is -4.19. The summed E-state index contributed by atoms with van der Waals surface area (Å²) >= 11 is 0. The van der Waals surface area contributed by atoms with Gasteiger partial charge in [0.05, 0.1) is 17.9 Å². The topological polar surface area (TPSA) is 135 Å². The maximum atomic E-state index is 13.4. The number of aryl methyl sites for hydroxylation is 1. The van der Waals surface area contributed by atoms with Crippen molar-refractivity contribution in [3.8, 4) is 11.5 Å². The summed E-state index contributed by atoms with van der Waals surface area (Å²) < 4.78 is 24.4. The molecule has 0 radical (unpaired) electrons. The van der Waals surface area contributed by atoms with Crippen molar-refractivity contribution in [3.63, 3.8) is 0 Å². The van der Waals surface area contributed by atoms with E-state index in [1.54, 1.807) is 30.3 Å². The third-order valence-electron chi connectivity index (χ3n) is 4.15. The van der Waals surface area contributed by atoms with Gasteiger partial charge in [0.15, 0.2) is 6.29 Å². The van der Waals surface area contributed by atoms with Crippen LogP contribution in [0, 0.1) is 12.8 Å². The van der Waals surface area contributed by atoms with Crippen molar-refractivity contribution in [3.05, 3.63) is 53.3 Å². The smallest absolute Gasteiger partial charge is 0.459 e. The molecular weight excluding hydrogens is 411 g/mol. The molecule has 1 aromatic carbocycles. The Morgan fingerprint density at radius 1 is 1.30 bits per heavy atom. The zero-order chi connectivity index (χ0) is 22.3. The molecule has 2 unspecified atom stereocenters. The average molecular weight is 436 g/mol. The summed E-state index contributed by atoms with van der Waals surface area (Å²) in [5.74, 6) is -1.29. The lowest BCUT2D eigenvalue weighted by atomic mass is 10.1. The molecule has 0 saturated heterocycles. The second-order valence-corrected chi connectivity index (χ2v) is 8.77. The molecule has 2 aromatic rings. The van der Waals surface area contributed by atoms with Crippen LogP contribution in [0.25, 0.3) is 0 Å². The Labute approximate surface area is 174 Å².